The molecule has 2 heterocycles. The van der Waals surface area contributed by atoms with Gasteiger partial charge in [0.15, 0.2) is 0 Å². The van der Waals surface area contributed by atoms with Gasteiger partial charge in [-0.3, -0.25) is 4.98 Å². The summed E-state index contributed by atoms with van der Waals surface area (Å²) in [5.74, 6) is 0. The van der Waals surface area contributed by atoms with E-state index in [1.54, 1.807) is 0 Å². The largest absolute Gasteiger partial charge is 0.372 e. The maximum absolute atomic E-state index is 5.90. The second-order valence-electron chi connectivity index (χ2n) is 5.24. The molecule has 1 aromatic heterocycles. The zero-order chi connectivity index (χ0) is 13.8. The summed E-state index contributed by atoms with van der Waals surface area (Å²) in [5.41, 5.74) is 5.28. The third-order valence-corrected chi connectivity index (χ3v) is 3.87. The highest BCUT2D eigenvalue weighted by Crippen LogP contribution is 2.26. The minimum atomic E-state index is 0.169. The lowest BCUT2D eigenvalue weighted by Crippen LogP contribution is -2.27. The number of nitrogens with one attached hydrogen (secondary N) is 1. The van der Waals surface area contributed by atoms with Gasteiger partial charge in [-0.05, 0) is 41.7 Å². The summed E-state index contributed by atoms with van der Waals surface area (Å²) < 4.78 is 5.90. The fourth-order valence-corrected chi connectivity index (χ4v) is 2.68. The maximum Gasteiger partial charge on any atom is 0.0952 e. The van der Waals surface area contributed by atoms with Gasteiger partial charge >= 0.3 is 0 Å². The van der Waals surface area contributed by atoms with Crippen molar-refractivity contribution in [3.63, 3.8) is 0 Å². The van der Waals surface area contributed by atoms with Gasteiger partial charge in [-0.1, -0.05) is 24.3 Å². The number of aromatic nitrogens is 1. The average Bonchev–Trinajstić information content (AvgIpc) is 2.49. The first-order valence-electron chi connectivity index (χ1n) is 7.14. The number of nitrogens with zero attached hydrogens (tertiary/aromatic N) is 1. The van der Waals surface area contributed by atoms with E-state index in [0.717, 1.165) is 26.1 Å². The maximum atomic E-state index is 5.90. The van der Waals surface area contributed by atoms with Crippen LogP contribution >= 0.6 is 0 Å². The molecule has 3 nitrogen and oxygen atoms in total. The molecule has 0 aliphatic carbocycles. The van der Waals surface area contributed by atoms with Crippen LogP contribution in [0.1, 0.15) is 28.4 Å². The molecule has 1 atom stereocenters. The molecule has 0 saturated carbocycles. The molecule has 1 N–H and O–H groups in total. The van der Waals surface area contributed by atoms with E-state index in [9.17, 15) is 0 Å². The van der Waals surface area contributed by atoms with Crippen LogP contribution in [0.15, 0.2) is 42.7 Å². The van der Waals surface area contributed by atoms with Crippen LogP contribution in [-0.2, 0) is 17.7 Å². The van der Waals surface area contributed by atoms with Crippen molar-refractivity contribution in [2.24, 2.45) is 0 Å². The van der Waals surface area contributed by atoms with Crippen molar-refractivity contribution in [3.05, 3.63) is 65.0 Å². The van der Waals surface area contributed by atoms with E-state index in [4.69, 9.17) is 4.74 Å². The minimum absolute atomic E-state index is 0.169. The molecule has 1 unspecified atom stereocenters. The molecular formula is C17H20N2O. The van der Waals surface area contributed by atoms with Gasteiger partial charge in [0.25, 0.3) is 0 Å². The molecule has 2 aromatic rings. The Morgan fingerprint density at radius 1 is 1.30 bits per heavy atom. The Kier molecular flexibility index (Phi) is 4.09. The molecule has 0 fully saturated rings. The highest BCUT2D eigenvalue weighted by Gasteiger charge is 2.19. The summed E-state index contributed by atoms with van der Waals surface area (Å²) in [6, 6.07) is 10.6. The van der Waals surface area contributed by atoms with Gasteiger partial charge in [-0.15, -0.1) is 0 Å². The lowest BCUT2D eigenvalue weighted by molar-refractivity contribution is 0.0423. The first kappa shape index (κ1) is 13.3. The Morgan fingerprint density at radius 3 is 3.10 bits per heavy atom. The van der Waals surface area contributed by atoms with Crippen LogP contribution in [0.25, 0.3) is 0 Å². The van der Waals surface area contributed by atoms with Crippen LogP contribution in [0.5, 0.6) is 0 Å². The summed E-state index contributed by atoms with van der Waals surface area (Å²) in [6.45, 7) is 4.61. The van der Waals surface area contributed by atoms with Crippen LogP contribution in [-0.4, -0.2) is 18.1 Å². The molecule has 0 spiro atoms. The molecule has 0 saturated heterocycles. The second-order valence-corrected chi connectivity index (χ2v) is 5.24. The van der Waals surface area contributed by atoms with Crippen molar-refractivity contribution in [1.29, 1.82) is 0 Å². The van der Waals surface area contributed by atoms with Gasteiger partial charge in [0.1, 0.15) is 0 Å². The van der Waals surface area contributed by atoms with Crippen LogP contribution in [0.3, 0.4) is 0 Å². The van der Waals surface area contributed by atoms with Crippen LogP contribution in [0, 0.1) is 6.92 Å². The van der Waals surface area contributed by atoms with Crippen LogP contribution < -0.4 is 5.32 Å². The number of fused-ring (bicyclic) bond motifs is 1. The number of rotatable bonds is 4. The molecule has 1 aliphatic rings. The molecule has 0 bridgehead atoms. The summed E-state index contributed by atoms with van der Waals surface area (Å²) >= 11 is 0. The van der Waals surface area contributed by atoms with E-state index in [1.807, 2.05) is 12.4 Å². The van der Waals surface area contributed by atoms with Crippen molar-refractivity contribution < 1.29 is 4.74 Å². The lowest BCUT2D eigenvalue weighted by Gasteiger charge is -2.26. The molecule has 3 heteroatoms. The van der Waals surface area contributed by atoms with Crippen molar-refractivity contribution >= 4 is 0 Å². The standard InChI is InChI=1S/C17H20N2O/c1-13-10-18-8-6-15(13)11-19-12-17-16-5-3-2-4-14(16)7-9-20-17/h2-6,8,10,17,19H,7,9,11-12H2,1H3. The van der Waals surface area contributed by atoms with Gasteiger partial charge in [-0.2, -0.15) is 0 Å². The first-order valence-corrected chi connectivity index (χ1v) is 7.14. The van der Waals surface area contributed by atoms with Crippen molar-refractivity contribution in [2.75, 3.05) is 13.2 Å². The zero-order valence-electron chi connectivity index (χ0n) is 11.8. The highest BCUT2D eigenvalue weighted by atomic mass is 16.5. The summed E-state index contributed by atoms with van der Waals surface area (Å²) in [4.78, 5) is 4.12. The van der Waals surface area contributed by atoms with E-state index in [0.29, 0.717) is 0 Å². The lowest BCUT2D eigenvalue weighted by atomic mass is 9.97. The number of hydrogen-bond acceptors (Lipinski definition) is 3. The fraction of sp³-hybridized carbons (Fsp3) is 0.353. The third kappa shape index (κ3) is 2.89. The Bertz CT molecular complexity index is 583. The van der Waals surface area contributed by atoms with Crippen molar-refractivity contribution in [1.82, 2.24) is 10.3 Å². The molecule has 0 radical (unpaired) electrons. The molecule has 1 aliphatic heterocycles. The van der Waals surface area contributed by atoms with Crippen LogP contribution in [0.2, 0.25) is 0 Å². The summed E-state index contributed by atoms with van der Waals surface area (Å²) in [5, 5.41) is 3.50. The number of aryl methyl sites for hydroxylation is 1. The predicted octanol–water partition coefficient (Wildman–Crippen LogP) is 2.79. The normalized spacial score (nSPS) is 17.8. The minimum Gasteiger partial charge on any atom is -0.372 e. The molecular weight excluding hydrogens is 248 g/mol. The Hall–Kier alpha value is -1.71. The van der Waals surface area contributed by atoms with Gasteiger partial charge in [0.05, 0.1) is 12.7 Å². The van der Waals surface area contributed by atoms with Gasteiger partial charge in [0, 0.05) is 25.5 Å². The monoisotopic (exact) mass is 268 g/mol. The Morgan fingerprint density at radius 2 is 2.20 bits per heavy atom. The predicted molar refractivity (Wildman–Crippen MR) is 79.5 cm³/mol. The first-order chi connectivity index (χ1) is 9.84. The van der Waals surface area contributed by atoms with Crippen molar-refractivity contribution in [2.45, 2.75) is 26.0 Å². The Labute approximate surface area is 120 Å². The van der Waals surface area contributed by atoms with E-state index in [-0.39, 0.29) is 6.10 Å². The van der Waals surface area contributed by atoms with Gasteiger partial charge in [0.2, 0.25) is 0 Å². The molecule has 0 amide bonds. The van der Waals surface area contributed by atoms with Gasteiger partial charge in [-0.25, -0.2) is 0 Å². The quantitative estimate of drug-likeness (QED) is 0.926. The number of benzene rings is 1. The van der Waals surface area contributed by atoms with Gasteiger partial charge < -0.3 is 10.1 Å². The number of ether oxygens (including phenoxy) is 1. The van der Waals surface area contributed by atoms with Crippen molar-refractivity contribution in [3.8, 4) is 0 Å². The summed E-state index contributed by atoms with van der Waals surface area (Å²) in [7, 11) is 0. The SMILES string of the molecule is Cc1cnccc1CNCC1OCCc2ccccc21. The molecule has 3 rings (SSSR count). The number of pyridine rings is 1. The second kappa shape index (κ2) is 6.16. The Balaban J connectivity index is 1.61. The molecule has 1 aromatic carbocycles. The van der Waals surface area contributed by atoms with E-state index in [1.165, 1.54) is 22.3 Å². The topological polar surface area (TPSA) is 34.2 Å². The van der Waals surface area contributed by atoms with E-state index in [2.05, 4.69) is 47.6 Å². The van der Waals surface area contributed by atoms with E-state index >= 15 is 0 Å². The molecule has 20 heavy (non-hydrogen) atoms. The fourth-order valence-electron chi connectivity index (χ4n) is 2.68. The highest BCUT2D eigenvalue weighted by molar-refractivity contribution is 5.31. The average molecular weight is 268 g/mol. The third-order valence-electron chi connectivity index (χ3n) is 3.87. The summed E-state index contributed by atoms with van der Waals surface area (Å²) in [6.07, 6.45) is 4.94. The van der Waals surface area contributed by atoms with E-state index < -0.39 is 0 Å². The van der Waals surface area contributed by atoms with Crippen LogP contribution in [0.4, 0.5) is 0 Å². The number of hydrogen-bond donors (Lipinski definition) is 1. The smallest absolute Gasteiger partial charge is 0.0952 e. The molecule has 104 valence electrons. The zero-order valence-corrected chi connectivity index (χ0v) is 11.8.